The highest BCUT2D eigenvalue weighted by Crippen LogP contribution is 2.22. The molecule has 2 heterocycles. The number of carbonyl (C=O) groups is 1. The van der Waals surface area contributed by atoms with E-state index >= 15 is 0 Å². The highest BCUT2D eigenvalue weighted by atomic mass is 35.5. The predicted molar refractivity (Wildman–Crippen MR) is 63.5 cm³/mol. The van der Waals surface area contributed by atoms with Crippen molar-refractivity contribution in [2.24, 2.45) is 0 Å². The van der Waals surface area contributed by atoms with Crippen LogP contribution in [0, 0.1) is 0 Å². The van der Waals surface area contributed by atoms with Gasteiger partial charge in [-0.15, -0.1) is 11.3 Å². The van der Waals surface area contributed by atoms with E-state index < -0.39 is 0 Å². The summed E-state index contributed by atoms with van der Waals surface area (Å²) < 4.78 is 11.4. The van der Waals surface area contributed by atoms with Crippen LogP contribution in [-0.4, -0.2) is 31.7 Å². The second kappa shape index (κ2) is 5.77. The Balaban J connectivity index is 1.79. The van der Waals surface area contributed by atoms with E-state index in [2.05, 4.69) is 0 Å². The van der Waals surface area contributed by atoms with Crippen molar-refractivity contribution in [3.05, 3.63) is 21.3 Å². The van der Waals surface area contributed by atoms with Crippen LogP contribution in [0.5, 0.6) is 0 Å². The number of halogens is 1. The molecule has 0 saturated carbocycles. The molecule has 1 saturated heterocycles. The molecule has 0 atom stereocenters. The molecule has 0 unspecified atom stereocenters. The maximum atomic E-state index is 11.7. The number of ketones is 1. The topological polar surface area (TPSA) is 35.5 Å². The Bertz CT molecular complexity index is 358. The van der Waals surface area contributed by atoms with Crippen LogP contribution in [0.1, 0.15) is 22.5 Å². The van der Waals surface area contributed by atoms with Gasteiger partial charge in [-0.3, -0.25) is 4.79 Å². The molecular formula is C11H13ClO3S. The van der Waals surface area contributed by atoms with Crippen molar-refractivity contribution < 1.29 is 14.3 Å². The van der Waals surface area contributed by atoms with Crippen molar-refractivity contribution in [2.75, 3.05) is 19.8 Å². The van der Waals surface area contributed by atoms with Crippen molar-refractivity contribution in [3.63, 3.8) is 0 Å². The molecule has 2 rings (SSSR count). The zero-order chi connectivity index (χ0) is 11.4. The molecule has 0 N–H and O–H groups in total. The van der Waals surface area contributed by atoms with Crippen LogP contribution in [0.4, 0.5) is 0 Å². The monoisotopic (exact) mass is 260 g/mol. The number of ether oxygens (including phenoxy) is 2. The molecule has 0 spiro atoms. The highest BCUT2D eigenvalue weighted by molar-refractivity contribution is 7.18. The minimum absolute atomic E-state index is 0.00314. The third kappa shape index (κ3) is 3.28. The minimum Gasteiger partial charge on any atom is -0.381 e. The molecule has 0 amide bonds. The van der Waals surface area contributed by atoms with E-state index in [-0.39, 0.29) is 18.5 Å². The molecule has 1 aromatic rings. The molecule has 1 aliphatic rings. The normalized spacial score (nSPS) is 17.6. The second-order valence-corrected chi connectivity index (χ2v) is 5.36. The summed E-state index contributed by atoms with van der Waals surface area (Å²) in [5.41, 5.74) is 0. The Morgan fingerprint density at radius 2 is 2.25 bits per heavy atom. The molecule has 0 radical (unpaired) electrons. The second-order valence-electron chi connectivity index (χ2n) is 3.65. The van der Waals surface area contributed by atoms with E-state index in [1.54, 1.807) is 12.1 Å². The van der Waals surface area contributed by atoms with E-state index in [9.17, 15) is 4.79 Å². The van der Waals surface area contributed by atoms with Gasteiger partial charge in [0.05, 0.1) is 15.3 Å². The molecule has 0 aliphatic carbocycles. The first-order chi connectivity index (χ1) is 7.75. The summed E-state index contributed by atoms with van der Waals surface area (Å²) in [6.45, 7) is 1.59. The van der Waals surface area contributed by atoms with E-state index in [1.807, 2.05) is 0 Å². The van der Waals surface area contributed by atoms with Crippen molar-refractivity contribution >= 4 is 28.7 Å². The summed E-state index contributed by atoms with van der Waals surface area (Å²) in [5, 5.41) is 0. The Labute approximate surface area is 103 Å². The van der Waals surface area contributed by atoms with Crippen LogP contribution in [0.25, 0.3) is 0 Å². The SMILES string of the molecule is O=C(COC1CCOCC1)c1ccc(Cl)s1. The van der Waals surface area contributed by atoms with Gasteiger partial charge in [-0.1, -0.05) is 11.6 Å². The summed E-state index contributed by atoms with van der Waals surface area (Å²) >= 11 is 7.06. The molecular weight excluding hydrogens is 248 g/mol. The average Bonchev–Trinajstić information content (AvgIpc) is 2.74. The number of Topliss-reactive ketones (excluding diaryl/α,β-unsaturated/α-hetero) is 1. The van der Waals surface area contributed by atoms with Crippen molar-refractivity contribution in [3.8, 4) is 0 Å². The van der Waals surface area contributed by atoms with Crippen LogP contribution in [-0.2, 0) is 9.47 Å². The Morgan fingerprint density at radius 1 is 1.50 bits per heavy atom. The van der Waals surface area contributed by atoms with Crippen molar-refractivity contribution in [1.29, 1.82) is 0 Å². The zero-order valence-corrected chi connectivity index (χ0v) is 10.4. The Kier molecular flexibility index (Phi) is 4.35. The minimum atomic E-state index is 0.00314. The van der Waals surface area contributed by atoms with Gasteiger partial charge in [0.1, 0.15) is 6.61 Å². The van der Waals surface area contributed by atoms with Gasteiger partial charge in [-0.25, -0.2) is 0 Å². The molecule has 88 valence electrons. The lowest BCUT2D eigenvalue weighted by Crippen LogP contribution is -2.25. The van der Waals surface area contributed by atoms with E-state index in [1.165, 1.54) is 11.3 Å². The first-order valence-electron chi connectivity index (χ1n) is 5.23. The van der Waals surface area contributed by atoms with Crippen molar-refractivity contribution in [2.45, 2.75) is 18.9 Å². The molecule has 16 heavy (non-hydrogen) atoms. The van der Waals surface area contributed by atoms with Crippen LogP contribution in [0.2, 0.25) is 4.34 Å². The quantitative estimate of drug-likeness (QED) is 0.781. The standard InChI is InChI=1S/C11H13ClO3S/c12-11-2-1-10(16-11)9(13)7-15-8-3-5-14-6-4-8/h1-2,8H,3-7H2. The fourth-order valence-corrected chi connectivity index (χ4v) is 2.54. The molecule has 5 heteroatoms. The summed E-state index contributed by atoms with van der Waals surface area (Å²) in [6, 6.07) is 3.47. The summed E-state index contributed by atoms with van der Waals surface area (Å²) in [5.74, 6) is 0.00314. The number of carbonyl (C=O) groups excluding carboxylic acids is 1. The highest BCUT2D eigenvalue weighted by Gasteiger charge is 2.16. The van der Waals surface area contributed by atoms with Gasteiger partial charge >= 0.3 is 0 Å². The first-order valence-corrected chi connectivity index (χ1v) is 6.43. The fourth-order valence-electron chi connectivity index (χ4n) is 1.57. The van der Waals surface area contributed by atoms with Gasteiger partial charge in [0.2, 0.25) is 0 Å². The largest absolute Gasteiger partial charge is 0.381 e. The summed E-state index contributed by atoms with van der Waals surface area (Å²) in [6.07, 6.45) is 1.91. The summed E-state index contributed by atoms with van der Waals surface area (Å²) in [4.78, 5) is 12.4. The van der Waals surface area contributed by atoms with Gasteiger partial charge in [-0.05, 0) is 25.0 Å². The summed E-state index contributed by atoms with van der Waals surface area (Å²) in [7, 11) is 0. The van der Waals surface area contributed by atoms with Gasteiger partial charge in [0.15, 0.2) is 5.78 Å². The molecule has 1 fully saturated rings. The average molecular weight is 261 g/mol. The lowest BCUT2D eigenvalue weighted by molar-refractivity contribution is -0.0261. The number of thiophene rings is 1. The first kappa shape index (κ1) is 12.0. The smallest absolute Gasteiger partial charge is 0.198 e. The van der Waals surface area contributed by atoms with Gasteiger partial charge in [0.25, 0.3) is 0 Å². The third-order valence-electron chi connectivity index (χ3n) is 2.47. The van der Waals surface area contributed by atoms with Crippen molar-refractivity contribution in [1.82, 2.24) is 0 Å². The molecule has 1 aromatic heterocycles. The number of hydrogen-bond acceptors (Lipinski definition) is 4. The molecule has 0 bridgehead atoms. The molecule has 3 nitrogen and oxygen atoms in total. The number of rotatable bonds is 4. The lowest BCUT2D eigenvalue weighted by atomic mass is 10.1. The maximum absolute atomic E-state index is 11.7. The van der Waals surface area contributed by atoms with Crippen LogP contribution in [0.15, 0.2) is 12.1 Å². The van der Waals surface area contributed by atoms with Crippen LogP contribution in [0.3, 0.4) is 0 Å². The lowest BCUT2D eigenvalue weighted by Gasteiger charge is -2.21. The van der Waals surface area contributed by atoms with Gasteiger partial charge in [-0.2, -0.15) is 0 Å². The van der Waals surface area contributed by atoms with Gasteiger partial charge < -0.3 is 9.47 Å². The van der Waals surface area contributed by atoms with Crippen LogP contribution >= 0.6 is 22.9 Å². The van der Waals surface area contributed by atoms with Crippen LogP contribution < -0.4 is 0 Å². The zero-order valence-electron chi connectivity index (χ0n) is 8.78. The molecule has 0 aromatic carbocycles. The fraction of sp³-hybridized carbons (Fsp3) is 0.545. The molecule has 1 aliphatic heterocycles. The van der Waals surface area contributed by atoms with E-state index in [0.29, 0.717) is 9.21 Å². The number of hydrogen-bond donors (Lipinski definition) is 0. The maximum Gasteiger partial charge on any atom is 0.198 e. The van der Waals surface area contributed by atoms with E-state index in [0.717, 1.165) is 26.1 Å². The predicted octanol–water partition coefficient (Wildman–Crippen LogP) is 2.78. The van der Waals surface area contributed by atoms with E-state index in [4.69, 9.17) is 21.1 Å². The Morgan fingerprint density at radius 3 is 2.88 bits per heavy atom. The third-order valence-corrected chi connectivity index (χ3v) is 3.74. The van der Waals surface area contributed by atoms with Gasteiger partial charge in [0, 0.05) is 13.2 Å². The Hall–Kier alpha value is -0.420.